The first-order chi connectivity index (χ1) is 13.1. The number of benzene rings is 2. The van der Waals surface area contributed by atoms with Crippen LogP contribution in [0.1, 0.15) is 24.5 Å². The van der Waals surface area contributed by atoms with Crippen LogP contribution >= 0.6 is 0 Å². The van der Waals surface area contributed by atoms with Gasteiger partial charge < -0.3 is 9.09 Å². The topological polar surface area (TPSA) is 60.9 Å². The molecule has 0 saturated carbocycles. The van der Waals surface area contributed by atoms with Gasteiger partial charge in [-0.1, -0.05) is 36.3 Å². The van der Waals surface area contributed by atoms with Gasteiger partial charge in [0.2, 0.25) is 11.3 Å². The lowest BCUT2D eigenvalue weighted by Gasteiger charge is -2.11. The van der Waals surface area contributed by atoms with Crippen molar-refractivity contribution in [1.29, 1.82) is 0 Å². The molecule has 0 fully saturated rings. The summed E-state index contributed by atoms with van der Waals surface area (Å²) in [6.07, 6.45) is 2.79. The molecule has 5 nitrogen and oxygen atoms in total. The molecule has 2 aromatic carbocycles. The number of aromatic nitrogens is 3. The van der Waals surface area contributed by atoms with E-state index in [1.54, 1.807) is 0 Å². The van der Waals surface area contributed by atoms with Crippen molar-refractivity contribution in [2.75, 3.05) is 0 Å². The number of hydrogen-bond acceptors (Lipinski definition) is 4. The summed E-state index contributed by atoms with van der Waals surface area (Å²) in [4.78, 5) is 17.5. The maximum Gasteiger partial charge on any atom is 0.263 e. The summed E-state index contributed by atoms with van der Waals surface area (Å²) >= 11 is 0. The Labute approximate surface area is 157 Å². The molecule has 0 radical (unpaired) electrons. The molecule has 0 aliphatic rings. The van der Waals surface area contributed by atoms with Gasteiger partial charge >= 0.3 is 0 Å². The first-order valence-corrected chi connectivity index (χ1v) is 9.12. The zero-order valence-electron chi connectivity index (χ0n) is 15.7. The maximum absolute atomic E-state index is 13.0. The molecule has 4 aromatic rings. The SMILES string of the molecule is CCCn1cc(-c2nc(-c3ccc(C)c(C)c3)no2)c(=O)c2ccccc21. The van der Waals surface area contributed by atoms with E-state index in [0.29, 0.717) is 16.8 Å². The Morgan fingerprint density at radius 1 is 1.07 bits per heavy atom. The highest BCUT2D eigenvalue weighted by molar-refractivity contribution is 5.82. The van der Waals surface area contributed by atoms with E-state index >= 15 is 0 Å². The van der Waals surface area contributed by atoms with E-state index in [4.69, 9.17) is 4.52 Å². The van der Waals surface area contributed by atoms with Crippen LogP contribution < -0.4 is 5.43 Å². The zero-order valence-corrected chi connectivity index (χ0v) is 15.7. The van der Waals surface area contributed by atoms with Crippen molar-refractivity contribution in [3.8, 4) is 22.8 Å². The van der Waals surface area contributed by atoms with Crippen molar-refractivity contribution < 1.29 is 4.52 Å². The lowest BCUT2D eigenvalue weighted by atomic mass is 10.1. The van der Waals surface area contributed by atoms with Crippen molar-refractivity contribution in [2.45, 2.75) is 33.7 Å². The molecule has 2 aromatic heterocycles. The minimum absolute atomic E-state index is 0.0896. The van der Waals surface area contributed by atoms with Crippen LogP contribution in [0.2, 0.25) is 0 Å². The van der Waals surface area contributed by atoms with Gasteiger partial charge in [0.1, 0.15) is 5.56 Å². The number of nitrogens with zero attached hydrogens (tertiary/aromatic N) is 3. The molecule has 136 valence electrons. The highest BCUT2D eigenvalue weighted by Gasteiger charge is 2.17. The first kappa shape index (κ1) is 17.2. The summed E-state index contributed by atoms with van der Waals surface area (Å²) in [5.74, 6) is 0.742. The van der Waals surface area contributed by atoms with Crippen molar-refractivity contribution in [1.82, 2.24) is 14.7 Å². The summed E-state index contributed by atoms with van der Waals surface area (Å²) in [6.45, 7) is 7.03. The molecule has 27 heavy (non-hydrogen) atoms. The third-order valence-corrected chi connectivity index (χ3v) is 4.87. The predicted octanol–water partition coefficient (Wildman–Crippen LogP) is 4.75. The van der Waals surface area contributed by atoms with E-state index < -0.39 is 0 Å². The number of para-hydroxylation sites is 1. The van der Waals surface area contributed by atoms with E-state index in [2.05, 4.69) is 28.6 Å². The smallest absolute Gasteiger partial charge is 0.263 e. The summed E-state index contributed by atoms with van der Waals surface area (Å²) in [5, 5.41) is 4.76. The quantitative estimate of drug-likeness (QED) is 0.528. The van der Waals surface area contributed by atoms with Crippen molar-refractivity contribution >= 4 is 10.9 Å². The molecule has 4 rings (SSSR count). The Morgan fingerprint density at radius 3 is 2.67 bits per heavy atom. The minimum atomic E-state index is -0.0896. The molecule has 0 amide bonds. The summed E-state index contributed by atoms with van der Waals surface area (Å²) in [6, 6.07) is 13.6. The fourth-order valence-corrected chi connectivity index (χ4v) is 3.25. The van der Waals surface area contributed by atoms with Crippen molar-refractivity contribution in [3.05, 3.63) is 70.0 Å². The van der Waals surface area contributed by atoms with E-state index in [-0.39, 0.29) is 11.3 Å². The number of rotatable bonds is 4. The second-order valence-corrected chi connectivity index (χ2v) is 6.80. The van der Waals surface area contributed by atoms with Gasteiger partial charge in [0, 0.05) is 23.7 Å². The standard InChI is InChI=1S/C22H21N3O2/c1-4-11-25-13-18(20(26)17-7-5-6-8-19(17)25)22-23-21(24-27-22)16-10-9-14(2)15(3)12-16/h5-10,12-13H,4,11H2,1-3H3. The van der Waals surface area contributed by atoms with Gasteiger partial charge in [-0.2, -0.15) is 4.98 Å². The van der Waals surface area contributed by atoms with Crippen LogP contribution in [-0.2, 0) is 6.54 Å². The molecule has 0 N–H and O–H groups in total. The van der Waals surface area contributed by atoms with E-state index in [9.17, 15) is 4.79 Å². The Hall–Kier alpha value is -3.21. The van der Waals surface area contributed by atoms with E-state index in [1.807, 2.05) is 55.6 Å². The number of aryl methyl sites for hydroxylation is 3. The highest BCUT2D eigenvalue weighted by Crippen LogP contribution is 2.24. The molecule has 0 aliphatic heterocycles. The largest absolute Gasteiger partial charge is 0.346 e. The Balaban J connectivity index is 1.85. The van der Waals surface area contributed by atoms with Crippen LogP contribution in [0.25, 0.3) is 33.7 Å². The number of pyridine rings is 1. The van der Waals surface area contributed by atoms with Gasteiger partial charge in [-0.05, 0) is 49.6 Å². The molecule has 0 aliphatic carbocycles. The zero-order chi connectivity index (χ0) is 19.0. The van der Waals surface area contributed by atoms with Gasteiger partial charge in [-0.25, -0.2) is 0 Å². The van der Waals surface area contributed by atoms with Gasteiger partial charge in [0.05, 0.1) is 5.52 Å². The maximum atomic E-state index is 13.0. The summed E-state index contributed by atoms with van der Waals surface area (Å²) in [5.41, 5.74) is 4.51. The van der Waals surface area contributed by atoms with Crippen LogP contribution in [0.4, 0.5) is 0 Å². The average molecular weight is 359 g/mol. The number of fused-ring (bicyclic) bond motifs is 1. The van der Waals surface area contributed by atoms with Crippen molar-refractivity contribution in [2.24, 2.45) is 0 Å². The van der Waals surface area contributed by atoms with Gasteiger partial charge in [-0.15, -0.1) is 0 Å². The Kier molecular flexibility index (Phi) is 4.36. The lowest BCUT2D eigenvalue weighted by molar-refractivity contribution is 0.431. The molecule has 0 spiro atoms. The lowest BCUT2D eigenvalue weighted by Crippen LogP contribution is -2.12. The van der Waals surface area contributed by atoms with Crippen LogP contribution in [0, 0.1) is 13.8 Å². The first-order valence-electron chi connectivity index (χ1n) is 9.12. The van der Waals surface area contributed by atoms with E-state index in [1.165, 1.54) is 5.56 Å². The van der Waals surface area contributed by atoms with Gasteiger partial charge in [-0.3, -0.25) is 4.79 Å². The second-order valence-electron chi connectivity index (χ2n) is 6.80. The molecular formula is C22H21N3O2. The third-order valence-electron chi connectivity index (χ3n) is 4.87. The normalized spacial score (nSPS) is 11.2. The van der Waals surface area contributed by atoms with Crippen LogP contribution in [0.5, 0.6) is 0 Å². The van der Waals surface area contributed by atoms with Gasteiger partial charge in [0.15, 0.2) is 0 Å². The fraction of sp³-hybridized carbons (Fsp3) is 0.227. The molecule has 0 saturated heterocycles. The average Bonchev–Trinajstić information content (AvgIpc) is 3.16. The predicted molar refractivity (Wildman–Crippen MR) is 107 cm³/mol. The monoisotopic (exact) mass is 359 g/mol. The molecule has 0 atom stereocenters. The Morgan fingerprint density at radius 2 is 1.89 bits per heavy atom. The van der Waals surface area contributed by atoms with Crippen LogP contribution in [-0.4, -0.2) is 14.7 Å². The highest BCUT2D eigenvalue weighted by atomic mass is 16.5. The second kappa shape index (κ2) is 6.83. The molecule has 2 heterocycles. The van der Waals surface area contributed by atoms with Crippen LogP contribution in [0.15, 0.2) is 58.0 Å². The van der Waals surface area contributed by atoms with Crippen LogP contribution in [0.3, 0.4) is 0 Å². The molecule has 0 bridgehead atoms. The molecule has 5 heteroatoms. The minimum Gasteiger partial charge on any atom is -0.346 e. The Bertz CT molecular complexity index is 1190. The van der Waals surface area contributed by atoms with Crippen molar-refractivity contribution in [3.63, 3.8) is 0 Å². The summed E-state index contributed by atoms with van der Waals surface area (Å²) < 4.78 is 7.54. The third kappa shape index (κ3) is 3.05. The summed E-state index contributed by atoms with van der Waals surface area (Å²) in [7, 11) is 0. The molecule has 0 unspecified atom stereocenters. The number of hydrogen-bond donors (Lipinski definition) is 0. The van der Waals surface area contributed by atoms with Gasteiger partial charge in [0.25, 0.3) is 5.89 Å². The van der Waals surface area contributed by atoms with E-state index in [0.717, 1.165) is 29.6 Å². The molecular weight excluding hydrogens is 338 g/mol. The fourth-order valence-electron chi connectivity index (χ4n) is 3.25.